The van der Waals surface area contributed by atoms with Gasteiger partial charge in [-0.3, -0.25) is 4.79 Å². The molecule has 0 aromatic heterocycles. The van der Waals surface area contributed by atoms with E-state index in [0.29, 0.717) is 17.9 Å². The van der Waals surface area contributed by atoms with Crippen LogP contribution in [-0.2, 0) is 4.79 Å². The lowest BCUT2D eigenvalue weighted by Gasteiger charge is -2.52. The summed E-state index contributed by atoms with van der Waals surface area (Å²) in [6.45, 7) is 0. The lowest BCUT2D eigenvalue weighted by Crippen LogP contribution is -2.64. The van der Waals surface area contributed by atoms with Gasteiger partial charge in [-0.05, 0) is 12.8 Å². The van der Waals surface area contributed by atoms with E-state index in [2.05, 4.69) is 0 Å². The van der Waals surface area contributed by atoms with Crippen molar-refractivity contribution in [3.8, 4) is 0 Å². The molecule has 0 aromatic carbocycles. The summed E-state index contributed by atoms with van der Waals surface area (Å²) in [5.74, 6) is 0.807. The largest absolute Gasteiger partial charge is 0.342 e. The van der Waals surface area contributed by atoms with E-state index < -0.39 is 0 Å². The Morgan fingerprint density at radius 3 is 2.50 bits per heavy atom. The summed E-state index contributed by atoms with van der Waals surface area (Å²) < 4.78 is 0. The zero-order valence-electron chi connectivity index (χ0n) is 4.92. The van der Waals surface area contributed by atoms with Crippen molar-refractivity contribution in [2.45, 2.75) is 18.9 Å². The van der Waals surface area contributed by atoms with E-state index in [0.717, 1.165) is 6.42 Å². The number of hydrogen-bond acceptors (Lipinski definition) is 1. The summed E-state index contributed by atoms with van der Waals surface area (Å²) >= 11 is 0. The van der Waals surface area contributed by atoms with Gasteiger partial charge in [0.05, 0.1) is 5.92 Å². The number of nitrogens with zero attached hydrogens (tertiary/aromatic N) is 1. The van der Waals surface area contributed by atoms with Gasteiger partial charge in [-0.25, -0.2) is 0 Å². The van der Waals surface area contributed by atoms with Gasteiger partial charge in [0.1, 0.15) is 0 Å². The molecule has 2 atom stereocenters. The Morgan fingerprint density at radius 1 is 1.62 bits per heavy atom. The van der Waals surface area contributed by atoms with Crippen LogP contribution in [0, 0.1) is 5.92 Å². The number of likely N-dealkylation sites (tertiary alicyclic amines) is 1. The molecular formula is C6H9NO. The molecule has 1 saturated heterocycles. The van der Waals surface area contributed by atoms with Crippen molar-refractivity contribution in [3.63, 3.8) is 0 Å². The fourth-order valence-corrected chi connectivity index (χ4v) is 1.58. The molecule has 1 saturated carbocycles. The Labute approximate surface area is 48.5 Å². The molecule has 8 heavy (non-hydrogen) atoms. The third kappa shape index (κ3) is 0.261. The summed E-state index contributed by atoms with van der Waals surface area (Å²) in [7, 11) is 1.89. The van der Waals surface area contributed by atoms with Crippen molar-refractivity contribution >= 4 is 5.91 Å². The zero-order valence-corrected chi connectivity index (χ0v) is 4.92. The number of β-lactam (4-membered cyclic amide) rings is 1. The molecule has 2 fully saturated rings. The highest BCUT2D eigenvalue weighted by atomic mass is 16.2. The molecular weight excluding hydrogens is 102 g/mol. The molecule has 1 aliphatic carbocycles. The van der Waals surface area contributed by atoms with Gasteiger partial charge in [0.15, 0.2) is 0 Å². The Hall–Kier alpha value is -0.530. The van der Waals surface area contributed by atoms with Crippen LogP contribution in [0.2, 0.25) is 0 Å². The second-order valence-electron chi connectivity index (χ2n) is 2.70. The number of carbonyl (C=O) groups is 1. The van der Waals surface area contributed by atoms with E-state index in [4.69, 9.17) is 0 Å². The molecule has 1 amide bonds. The quantitative estimate of drug-likeness (QED) is 0.410. The minimum Gasteiger partial charge on any atom is -0.342 e. The minimum atomic E-state index is 0.362. The summed E-state index contributed by atoms with van der Waals surface area (Å²) in [4.78, 5) is 12.6. The Balaban J connectivity index is 2.13. The van der Waals surface area contributed by atoms with Crippen LogP contribution in [0.4, 0.5) is 0 Å². The van der Waals surface area contributed by atoms with Crippen LogP contribution in [0.5, 0.6) is 0 Å². The maximum Gasteiger partial charge on any atom is 0.227 e. The second kappa shape index (κ2) is 1.07. The number of hydrogen-bond donors (Lipinski definition) is 0. The van der Waals surface area contributed by atoms with Crippen molar-refractivity contribution in [2.75, 3.05) is 7.05 Å². The van der Waals surface area contributed by atoms with Crippen molar-refractivity contribution in [3.05, 3.63) is 0 Å². The molecule has 1 heterocycles. The standard InChI is InChI=1S/C6H9NO/c1-7-5-3-2-4(5)6(7)8/h4-5H,2-3H2,1H3. The first kappa shape index (κ1) is 4.36. The molecule has 0 radical (unpaired) electrons. The maximum atomic E-state index is 10.7. The molecule has 2 unspecified atom stereocenters. The first-order valence-electron chi connectivity index (χ1n) is 3.07. The topological polar surface area (TPSA) is 20.3 Å². The zero-order chi connectivity index (χ0) is 5.72. The Bertz CT molecular complexity index is 135. The predicted molar refractivity (Wildman–Crippen MR) is 29.3 cm³/mol. The third-order valence-electron chi connectivity index (χ3n) is 2.40. The lowest BCUT2D eigenvalue weighted by molar-refractivity contribution is -0.163. The fourth-order valence-electron chi connectivity index (χ4n) is 1.58. The van der Waals surface area contributed by atoms with Gasteiger partial charge < -0.3 is 4.90 Å². The normalized spacial score (nSPS) is 42.6. The van der Waals surface area contributed by atoms with Gasteiger partial charge in [0.2, 0.25) is 5.91 Å². The number of piperidine rings is 1. The summed E-state index contributed by atoms with van der Waals surface area (Å²) in [6.07, 6.45) is 2.39. The monoisotopic (exact) mass is 111 g/mol. The average Bonchev–Trinajstić information content (AvgIpc) is 1.64. The summed E-state index contributed by atoms with van der Waals surface area (Å²) in [5, 5.41) is 0. The van der Waals surface area contributed by atoms with E-state index in [1.54, 1.807) is 0 Å². The van der Waals surface area contributed by atoms with Crippen LogP contribution < -0.4 is 0 Å². The number of rotatable bonds is 0. The molecule has 2 nitrogen and oxygen atoms in total. The van der Waals surface area contributed by atoms with Crippen LogP contribution >= 0.6 is 0 Å². The maximum absolute atomic E-state index is 10.7. The summed E-state index contributed by atoms with van der Waals surface area (Å²) in [5.41, 5.74) is 0. The fraction of sp³-hybridized carbons (Fsp3) is 0.833. The van der Waals surface area contributed by atoms with E-state index >= 15 is 0 Å². The Morgan fingerprint density at radius 2 is 2.38 bits per heavy atom. The second-order valence-corrected chi connectivity index (χ2v) is 2.70. The van der Waals surface area contributed by atoms with Crippen molar-refractivity contribution in [1.29, 1.82) is 0 Å². The molecule has 0 spiro atoms. The molecule has 0 N–H and O–H groups in total. The highest BCUT2D eigenvalue weighted by Gasteiger charge is 2.50. The predicted octanol–water partition coefficient (Wildman–Crippen LogP) is 0.237. The van der Waals surface area contributed by atoms with Gasteiger partial charge in [-0.1, -0.05) is 0 Å². The van der Waals surface area contributed by atoms with Gasteiger partial charge in [-0.2, -0.15) is 0 Å². The number of fused-ring (bicyclic) bond motifs is 1. The van der Waals surface area contributed by atoms with E-state index in [1.807, 2.05) is 11.9 Å². The molecule has 1 aliphatic heterocycles. The molecule has 2 aliphatic rings. The molecule has 44 valence electrons. The smallest absolute Gasteiger partial charge is 0.227 e. The van der Waals surface area contributed by atoms with Crippen LogP contribution in [0.15, 0.2) is 0 Å². The van der Waals surface area contributed by atoms with Gasteiger partial charge in [0.25, 0.3) is 0 Å². The highest BCUT2D eigenvalue weighted by molar-refractivity contribution is 5.87. The first-order valence-corrected chi connectivity index (χ1v) is 3.07. The first-order chi connectivity index (χ1) is 3.80. The minimum absolute atomic E-state index is 0.362. The van der Waals surface area contributed by atoms with Crippen LogP contribution in [0.25, 0.3) is 0 Å². The van der Waals surface area contributed by atoms with Crippen molar-refractivity contribution < 1.29 is 4.79 Å². The SMILES string of the molecule is CN1C(=O)C2CCC21. The van der Waals surface area contributed by atoms with E-state index in [9.17, 15) is 4.79 Å². The Kier molecular flexibility index (Phi) is 0.581. The summed E-state index contributed by atoms with van der Waals surface area (Å²) in [6, 6.07) is 0.641. The van der Waals surface area contributed by atoms with Crippen LogP contribution in [-0.4, -0.2) is 23.9 Å². The van der Waals surface area contributed by atoms with Crippen LogP contribution in [0.3, 0.4) is 0 Å². The van der Waals surface area contributed by atoms with E-state index in [-0.39, 0.29) is 0 Å². The lowest BCUT2D eigenvalue weighted by atomic mass is 9.71. The van der Waals surface area contributed by atoms with Crippen molar-refractivity contribution in [2.24, 2.45) is 5.92 Å². The third-order valence-corrected chi connectivity index (χ3v) is 2.40. The number of carbonyl (C=O) groups excluding carboxylic acids is 1. The average molecular weight is 111 g/mol. The molecule has 2 heteroatoms. The van der Waals surface area contributed by atoms with Gasteiger partial charge in [-0.15, -0.1) is 0 Å². The molecule has 0 aromatic rings. The van der Waals surface area contributed by atoms with Crippen LogP contribution in [0.1, 0.15) is 12.8 Å². The molecule has 0 bridgehead atoms. The number of amides is 1. The molecule has 2 rings (SSSR count). The van der Waals surface area contributed by atoms with Gasteiger partial charge >= 0.3 is 0 Å². The highest BCUT2D eigenvalue weighted by Crippen LogP contribution is 2.41. The van der Waals surface area contributed by atoms with E-state index in [1.165, 1.54) is 6.42 Å². The van der Waals surface area contributed by atoms with Gasteiger partial charge in [0, 0.05) is 13.1 Å². The van der Waals surface area contributed by atoms with Crippen molar-refractivity contribution in [1.82, 2.24) is 4.90 Å².